The maximum atomic E-state index is 10.9. The molecule has 0 unspecified atom stereocenters. The monoisotopic (exact) mass is 194 g/mol. The lowest BCUT2D eigenvalue weighted by atomic mass is 10.2. The quantitative estimate of drug-likeness (QED) is 0.648. The maximum Gasteiger partial charge on any atom is 0.304 e. The molecular formula is C8H18O3S. The molecule has 0 aliphatic heterocycles. The van der Waals surface area contributed by atoms with Crippen molar-refractivity contribution in [3.8, 4) is 0 Å². The summed E-state index contributed by atoms with van der Waals surface area (Å²) < 4.78 is 20.7. The van der Waals surface area contributed by atoms with Crippen LogP contribution in [0.15, 0.2) is 0 Å². The summed E-state index contributed by atoms with van der Waals surface area (Å²) in [6.07, 6.45) is 0. The third kappa shape index (κ3) is 8.17. The van der Waals surface area contributed by atoms with Crippen LogP contribution in [0.4, 0.5) is 0 Å². The van der Waals surface area contributed by atoms with Crippen LogP contribution < -0.4 is 0 Å². The van der Waals surface area contributed by atoms with Crippen LogP contribution in [0.25, 0.3) is 0 Å². The average molecular weight is 194 g/mol. The van der Waals surface area contributed by atoms with E-state index in [9.17, 15) is 4.21 Å². The molecule has 0 aromatic heterocycles. The standard InChI is InChI=1S/C8H18O3S/c1-7(2)5-10-12(9)11-6-8(3)4/h7-8H,5-6H2,1-4H3. The zero-order valence-electron chi connectivity index (χ0n) is 8.20. The van der Waals surface area contributed by atoms with Crippen LogP contribution >= 0.6 is 0 Å². The van der Waals surface area contributed by atoms with Gasteiger partial charge in [0.15, 0.2) is 0 Å². The molecule has 0 bridgehead atoms. The largest absolute Gasteiger partial charge is 0.304 e. The highest BCUT2D eigenvalue weighted by Gasteiger charge is 2.03. The summed E-state index contributed by atoms with van der Waals surface area (Å²) in [6.45, 7) is 8.95. The van der Waals surface area contributed by atoms with Crippen molar-refractivity contribution in [2.24, 2.45) is 11.8 Å². The number of rotatable bonds is 6. The molecule has 12 heavy (non-hydrogen) atoms. The summed E-state index contributed by atoms with van der Waals surface area (Å²) in [5, 5.41) is 0. The van der Waals surface area contributed by atoms with Gasteiger partial charge in [-0.05, 0) is 11.8 Å². The molecule has 0 rings (SSSR count). The van der Waals surface area contributed by atoms with Crippen molar-refractivity contribution < 1.29 is 12.6 Å². The zero-order valence-corrected chi connectivity index (χ0v) is 9.02. The Morgan fingerprint density at radius 3 is 1.58 bits per heavy atom. The van der Waals surface area contributed by atoms with E-state index < -0.39 is 11.4 Å². The van der Waals surface area contributed by atoms with Crippen molar-refractivity contribution >= 4 is 11.4 Å². The minimum atomic E-state index is -1.56. The van der Waals surface area contributed by atoms with E-state index in [-0.39, 0.29) is 0 Å². The summed E-state index contributed by atoms with van der Waals surface area (Å²) in [5.41, 5.74) is 0. The van der Waals surface area contributed by atoms with E-state index in [1.54, 1.807) is 0 Å². The minimum Gasteiger partial charge on any atom is -0.268 e. The number of hydrogen-bond donors (Lipinski definition) is 0. The van der Waals surface area contributed by atoms with Crippen LogP contribution in [0.1, 0.15) is 27.7 Å². The molecular weight excluding hydrogens is 176 g/mol. The van der Waals surface area contributed by atoms with Crippen LogP contribution in [0, 0.1) is 11.8 Å². The van der Waals surface area contributed by atoms with Crippen molar-refractivity contribution in [3.63, 3.8) is 0 Å². The Bertz CT molecular complexity index is 120. The van der Waals surface area contributed by atoms with Gasteiger partial charge >= 0.3 is 11.4 Å². The highest BCUT2D eigenvalue weighted by atomic mass is 32.2. The van der Waals surface area contributed by atoms with Crippen LogP contribution in [0.5, 0.6) is 0 Å². The lowest BCUT2D eigenvalue weighted by Crippen LogP contribution is -2.10. The smallest absolute Gasteiger partial charge is 0.268 e. The summed E-state index contributed by atoms with van der Waals surface area (Å²) in [7, 11) is 0. The molecule has 0 aliphatic rings. The first kappa shape index (κ1) is 12.1. The van der Waals surface area contributed by atoms with Gasteiger partial charge in [0.05, 0.1) is 13.2 Å². The van der Waals surface area contributed by atoms with E-state index in [2.05, 4.69) is 0 Å². The molecule has 0 aromatic rings. The second-order valence-corrected chi connectivity index (χ2v) is 4.44. The van der Waals surface area contributed by atoms with Crippen LogP contribution in [-0.4, -0.2) is 17.4 Å². The second-order valence-electron chi connectivity index (χ2n) is 3.56. The first-order valence-electron chi connectivity index (χ1n) is 4.20. The van der Waals surface area contributed by atoms with Crippen LogP contribution in [0.3, 0.4) is 0 Å². The van der Waals surface area contributed by atoms with Gasteiger partial charge in [0.1, 0.15) is 0 Å². The van der Waals surface area contributed by atoms with Gasteiger partial charge in [-0.2, -0.15) is 4.21 Å². The Balaban J connectivity index is 3.34. The topological polar surface area (TPSA) is 35.5 Å². The molecule has 0 atom stereocenters. The van der Waals surface area contributed by atoms with Crippen molar-refractivity contribution in [2.45, 2.75) is 27.7 Å². The summed E-state index contributed by atoms with van der Waals surface area (Å²) in [5.74, 6) is 0.771. The van der Waals surface area contributed by atoms with Crippen molar-refractivity contribution in [3.05, 3.63) is 0 Å². The molecule has 0 saturated carbocycles. The Morgan fingerprint density at radius 2 is 1.33 bits per heavy atom. The van der Waals surface area contributed by atoms with Gasteiger partial charge in [0.2, 0.25) is 0 Å². The third-order valence-corrected chi connectivity index (χ3v) is 1.65. The second kappa shape index (κ2) is 6.57. The van der Waals surface area contributed by atoms with Gasteiger partial charge in [0, 0.05) is 0 Å². The molecule has 0 amide bonds. The normalized spacial score (nSPS) is 11.9. The van der Waals surface area contributed by atoms with Crippen LogP contribution in [0.2, 0.25) is 0 Å². The van der Waals surface area contributed by atoms with Crippen molar-refractivity contribution in [2.75, 3.05) is 13.2 Å². The van der Waals surface area contributed by atoms with Crippen LogP contribution in [-0.2, 0) is 19.7 Å². The molecule has 0 aromatic carbocycles. The highest BCUT2D eigenvalue weighted by molar-refractivity contribution is 7.75. The lowest BCUT2D eigenvalue weighted by Gasteiger charge is -2.07. The third-order valence-electron chi connectivity index (χ3n) is 0.995. The Hall–Kier alpha value is 0.0700. The fourth-order valence-corrected chi connectivity index (χ4v) is 1.25. The fraction of sp³-hybridized carbons (Fsp3) is 1.00. The Morgan fingerprint density at radius 1 is 1.00 bits per heavy atom. The Labute approximate surface area is 77.3 Å². The molecule has 0 N–H and O–H groups in total. The molecule has 4 heteroatoms. The first-order chi connectivity index (χ1) is 5.52. The molecule has 0 radical (unpaired) electrons. The minimum absolute atomic E-state index is 0.386. The molecule has 0 fully saturated rings. The predicted molar refractivity (Wildman–Crippen MR) is 49.7 cm³/mol. The molecule has 0 heterocycles. The van der Waals surface area contributed by atoms with Gasteiger partial charge in [-0.15, -0.1) is 0 Å². The van der Waals surface area contributed by atoms with Gasteiger partial charge in [-0.25, -0.2) is 0 Å². The fourth-order valence-electron chi connectivity index (χ4n) is 0.417. The summed E-state index contributed by atoms with van der Waals surface area (Å²) in [4.78, 5) is 0. The van der Waals surface area contributed by atoms with E-state index in [4.69, 9.17) is 8.37 Å². The van der Waals surface area contributed by atoms with Crippen molar-refractivity contribution in [1.82, 2.24) is 0 Å². The molecule has 0 aliphatic carbocycles. The van der Waals surface area contributed by atoms with Gasteiger partial charge in [-0.3, -0.25) is 8.37 Å². The zero-order chi connectivity index (χ0) is 9.56. The maximum absolute atomic E-state index is 10.9. The molecule has 74 valence electrons. The van der Waals surface area contributed by atoms with E-state index in [1.807, 2.05) is 27.7 Å². The molecule has 0 saturated heterocycles. The SMILES string of the molecule is CC(C)COS(=O)OCC(C)C. The molecule has 0 spiro atoms. The van der Waals surface area contributed by atoms with E-state index >= 15 is 0 Å². The predicted octanol–water partition coefficient (Wildman–Crippen LogP) is 1.91. The summed E-state index contributed by atoms with van der Waals surface area (Å²) in [6, 6.07) is 0. The van der Waals surface area contributed by atoms with Gasteiger partial charge in [-0.1, -0.05) is 27.7 Å². The van der Waals surface area contributed by atoms with Gasteiger partial charge in [0.25, 0.3) is 0 Å². The van der Waals surface area contributed by atoms with E-state index in [0.29, 0.717) is 25.0 Å². The highest BCUT2D eigenvalue weighted by Crippen LogP contribution is 1.99. The lowest BCUT2D eigenvalue weighted by molar-refractivity contribution is 0.212. The van der Waals surface area contributed by atoms with Gasteiger partial charge < -0.3 is 0 Å². The number of hydrogen-bond acceptors (Lipinski definition) is 3. The average Bonchev–Trinajstić information content (AvgIpc) is 1.96. The summed E-state index contributed by atoms with van der Waals surface area (Å²) >= 11 is -1.56. The van der Waals surface area contributed by atoms with Crippen molar-refractivity contribution in [1.29, 1.82) is 0 Å². The van der Waals surface area contributed by atoms with E-state index in [1.165, 1.54) is 0 Å². The molecule has 3 nitrogen and oxygen atoms in total. The first-order valence-corrected chi connectivity index (χ1v) is 5.20. The Kier molecular flexibility index (Phi) is 6.61. The van der Waals surface area contributed by atoms with E-state index in [0.717, 1.165) is 0 Å².